The summed E-state index contributed by atoms with van der Waals surface area (Å²) >= 11 is 0. The van der Waals surface area contributed by atoms with Crippen LogP contribution in [0.2, 0.25) is 0 Å². The maximum Gasteiger partial charge on any atom is 0.341 e. The molecule has 172 valence electrons. The first-order valence-electron chi connectivity index (χ1n) is 10.9. The highest BCUT2D eigenvalue weighted by molar-refractivity contribution is 5.97. The third kappa shape index (κ3) is 4.03. The number of carboxylic acids is 1. The van der Waals surface area contributed by atoms with E-state index in [1.54, 1.807) is 11.5 Å². The number of pyridine rings is 1. The Bertz CT molecular complexity index is 1120. The van der Waals surface area contributed by atoms with Gasteiger partial charge < -0.3 is 24.0 Å². The molecular weight excluding hydrogens is 419 g/mol. The second-order valence-electron chi connectivity index (χ2n) is 8.39. The highest BCUT2D eigenvalue weighted by Crippen LogP contribution is 2.44. The van der Waals surface area contributed by atoms with Crippen LogP contribution in [0.1, 0.15) is 55.4 Å². The summed E-state index contributed by atoms with van der Waals surface area (Å²) in [5.74, 6) is -1.77. The zero-order chi connectivity index (χ0) is 23.0. The van der Waals surface area contributed by atoms with E-state index in [1.165, 1.54) is 13.3 Å². The summed E-state index contributed by atoms with van der Waals surface area (Å²) in [4.78, 5) is 38.0. The number of carbonyl (C=O) groups excluding carboxylic acids is 1. The van der Waals surface area contributed by atoms with Gasteiger partial charge >= 0.3 is 11.9 Å². The van der Waals surface area contributed by atoms with Crippen molar-refractivity contribution in [2.45, 2.75) is 45.1 Å². The molecule has 2 heterocycles. The monoisotopic (exact) mass is 446 g/mol. The van der Waals surface area contributed by atoms with Crippen LogP contribution in [0.25, 0.3) is 10.9 Å². The fourth-order valence-corrected chi connectivity index (χ4v) is 4.54. The molecule has 1 aromatic heterocycles. The quantitative estimate of drug-likeness (QED) is 0.652. The van der Waals surface area contributed by atoms with E-state index < -0.39 is 17.2 Å². The molecule has 2 aliphatic rings. The Balaban J connectivity index is 1.74. The Morgan fingerprint density at radius 2 is 1.91 bits per heavy atom. The number of nitrogens with zero attached hydrogens (tertiary/aromatic N) is 2. The third-order valence-corrected chi connectivity index (χ3v) is 6.26. The van der Waals surface area contributed by atoms with Crippen LogP contribution in [-0.4, -0.2) is 48.4 Å². The van der Waals surface area contributed by atoms with Gasteiger partial charge in [0.2, 0.25) is 5.43 Å². The molecule has 9 heteroatoms. The summed E-state index contributed by atoms with van der Waals surface area (Å²) in [5, 5.41) is 9.45. The molecule has 0 bridgehead atoms. The lowest BCUT2D eigenvalue weighted by molar-refractivity contribution is -0.144. The summed E-state index contributed by atoms with van der Waals surface area (Å²) in [7, 11) is 1.43. The highest BCUT2D eigenvalue weighted by Gasteiger charge is 2.32. The summed E-state index contributed by atoms with van der Waals surface area (Å²) in [6.07, 6.45) is 4.80. The number of benzene rings is 1. The van der Waals surface area contributed by atoms with Gasteiger partial charge in [0.25, 0.3) is 0 Å². The number of methoxy groups -OCH3 is 1. The number of aromatic carboxylic acids is 1. The van der Waals surface area contributed by atoms with Crippen LogP contribution in [0.4, 0.5) is 10.1 Å². The van der Waals surface area contributed by atoms with Crippen molar-refractivity contribution in [1.82, 2.24) is 4.57 Å². The van der Waals surface area contributed by atoms with Gasteiger partial charge in [0, 0.05) is 31.7 Å². The van der Waals surface area contributed by atoms with Gasteiger partial charge in [-0.3, -0.25) is 9.59 Å². The number of piperidine rings is 1. The molecule has 32 heavy (non-hydrogen) atoms. The van der Waals surface area contributed by atoms with Crippen molar-refractivity contribution in [3.05, 3.63) is 33.9 Å². The fraction of sp³-hybridized carbons (Fsp3) is 0.522. The van der Waals surface area contributed by atoms with Gasteiger partial charge in [0.15, 0.2) is 11.6 Å². The molecule has 1 saturated carbocycles. The van der Waals surface area contributed by atoms with E-state index in [2.05, 4.69) is 0 Å². The Morgan fingerprint density at radius 3 is 2.47 bits per heavy atom. The van der Waals surface area contributed by atoms with E-state index in [4.69, 9.17) is 9.47 Å². The van der Waals surface area contributed by atoms with Crippen molar-refractivity contribution < 1.29 is 28.6 Å². The van der Waals surface area contributed by atoms with Crippen molar-refractivity contribution in [3.63, 3.8) is 0 Å². The number of hydrogen-bond acceptors (Lipinski definition) is 6. The second-order valence-corrected chi connectivity index (χ2v) is 8.39. The van der Waals surface area contributed by atoms with E-state index in [9.17, 15) is 19.5 Å². The number of aromatic nitrogens is 1. The van der Waals surface area contributed by atoms with Gasteiger partial charge in [0.1, 0.15) is 11.3 Å². The first kappa shape index (κ1) is 22.1. The normalized spacial score (nSPS) is 16.9. The topological polar surface area (TPSA) is 98.1 Å². The van der Waals surface area contributed by atoms with Crippen LogP contribution >= 0.6 is 0 Å². The summed E-state index contributed by atoms with van der Waals surface area (Å²) in [6.45, 7) is 3.19. The standard InChI is InChI=1S/C23H27FN2O6/c1-3-32-18(27)10-13-6-8-25(9-7-13)20-17(24)11-15-19(22(20)31-2)26(14-4-5-14)12-16(21(15)28)23(29)30/h11-14H,3-10H2,1-2H3,(H,29,30). The molecule has 0 unspecified atom stereocenters. The molecule has 0 amide bonds. The van der Waals surface area contributed by atoms with Crippen molar-refractivity contribution in [2.75, 3.05) is 31.7 Å². The van der Waals surface area contributed by atoms with Gasteiger partial charge in [-0.2, -0.15) is 0 Å². The number of rotatable bonds is 7. The predicted octanol–water partition coefficient (Wildman–Crippen LogP) is 3.35. The lowest BCUT2D eigenvalue weighted by Gasteiger charge is -2.34. The van der Waals surface area contributed by atoms with Crippen molar-refractivity contribution >= 4 is 28.5 Å². The van der Waals surface area contributed by atoms with Crippen LogP contribution < -0.4 is 15.1 Å². The van der Waals surface area contributed by atoms with Gasteiger partial charge in [-0.15, -0.1) is 0 Å². The molecule has 1 aromatic carbocycles. The van der Waals surface area contributed by atoms with E-state index in [0.717, 1.165) is 18.9 Å². The number of fused-ring (bicyclic) bond motifs is 1. The Hall–Kier alpha value is -3.10. The van der Waals surface area contributed by atoms with Crippen LogP contribution in [0.15, 0.2) is 17.1 Å². The molecule has 1 saturated heterocycles. The van der Waals surface area contributed by atoms with Crippen LogP contribution in [0.3, 0.4) is 0 Å². The van der Waals surface area contributed by atoms with Crippen molar-refractivity contribution in [2.24, 2.45) is 5.92 Å². The average molecular weight is 446 g/mol. The number of ether oxygens (including phenoxy) is 2. The molecule has 0 atom stereocenters. The lowest BCUT2D eigenvalue weighted by atomic mass is 9.93. The molecule has 4 rings (SSSR count). The third-order valence-electron chi connectivity index (χ3n) is 6.26. The minimum atomic E-state index is -1.33. The zero-order valence-corrected chi connectivity index (χ0v) is 18.2. The van der Waals surface area contributed by atoms with Crippen molar-refractivity contribution in [1.29, 1.82) is 0 Å². The SMILES string of the molecule is CCOC(=O)CC1CCN(c2c(F)cc3c(=O)c(C(=O)O)cn(C4CC4)c3c2OC)CC1. The van der Waals surface area contributed by atoms with Gasteiger partial charge in [-0.1, -0.05) is 0 Å². The maximum absolute atomic E-state index is 15.3. The van der Waals surface area contributed by atoms with E-state index >= 15 is 4.39 Å². The second kappa shape index (κ2) is 8.80. The molecule has 8 nitrogen and oxygen atoms in total. The number of anilines is 1. The van der Waals surface area contributed by atoms with Crippen molar-refractivity contribution in [3.8, 4) is 5.75 Å². The Kier molecular flexibility index (Phi) is 6.08. The lowest BCUT2D eigenvalue weighted by Crippen LogP contribution is -2.35. The van der Waals surface area contributed by atoms with Crippen LogP contribution in [0.5, 0.6) is 5.75 Å². The fourth-order valence-electron chi connectivity index (χ4n) is 4.54. The number of halogens is 1. The summed E-state index contributed by atoms with van der Waals surface area (Å²) < 4.78 is 27.7. The summed E-state index contributed by atoms with van der Waals surface area (Å²) in [6, 6.07) is 1.18. The molecule has 1 N–H and O–H groups in total. The highest BCUT2D eigenvalue weighted by atomic mass is 19.1. The molecule has 1 aliphatic carbocycles. The van der Waals surface area contributed by atoms with E-state index in [-0.39, 0.29) is 40.3 Å². The van der Waals surface area contributed by atoms with Crippen LogP contribution in [-0.2, 0) is 9.53 Å². The van der Waals surface area contributed by atoms with Gasteiger partial charge in [0.05, 0.1) is 24.6 Å². The van der Waals surface area contributed by atoms with Gasteiger partial charge in [-0.05, 0) is 44.6 Å². The van der Waals surface area contributed by atoms with E-state index in [0.29, 0.717) is 44.5 Å². The number of carboxylic acid groups (broad SMARTS) is 1. The minimum absolute atomic E-state index is 0.00657. The number of esters is 1. The predicted molar refractivity (Wildman–Crippen MR) is 116 cm³/mol. The number of carbonyl (C=O) groups is 2. The molecule has 2 aromatic rings. The first-order chi connectivity index (χ1) is 15.3. The molecule has 1 aliphatic heterocycles. The molecule has 0 spiro atoms. The first-order valence-corrected chi connectivity index (χ1v) is 10.9. The smallest absolute Gasteiger partial charge is 0.341 e. The average Bonchev–Trinajstić information content (AvgIpc) is 3.59. The summed E-state index contributed by atoms with van der Waals surface area (Å²) in [5.41, 5.74) is -0.402. The largest absolute Gasteiger partial charge is 0.492 e. The Morgan fingerprint density at radius 1 is 1.22 bits per heavy atom. The zero-order valence-electron chi connectivity index (χ0n) is 18.2. The minimum Gasteiger partial charge on any atom is -0.492 e. The van der Waals surface area contributed by atoms with E-state index in [1.807, 2.05) is 4.90 Å². The molecule has 2 fully saturated rings. The van der Waals surface area contributed by atoms with Crippen LogP contribution in [0, 0.1) is 11.7 Å². The maximum atomic E-state index is 15.3. The Labute approximate surface area is 184 Å². The molecular formula is C23H27FN2O6. The molecule has 0 radical (unpaired) electrons. The number of hydrogen-bond donors (Lipinski definition) is 1. The van der Waals surface area contributed by atoms with Gasteiger partial charge in [-0.25, -0.2) is 9.18 Å².